The number of fused-ring (bicyclic) bond motifs is 1. The van der Waals surface area contributed by atoms with Gasteiger partial charge >= 0.3 is 5.97 Å². The number of nitrogens with zero attached hydrogens (tertiary/aromatic N) is 1. The van der Waals surface area contributed by atoms with E-state index < -0.39 is 22.0 Å². The molecule has 2 rings (SSSR count). The molecule has 0 fully saturated rings. The first-order valence-electron chi connectivity index (χ1n) is 6.76. The molecule has 0 spiro atoms. The number of hydrogen-bond acceptors (Lipinski definition) is 4. The first-order chi connectivity index (χ1) is 10.0. The monoisotopic (exact) mass is 325 g/mol. The molecule has 1 aliphatic rings. The summed E-state index contributed by atoms with van der Waals surface area (Å²) in [4.78, 5) is 14.8. The van der Waals surface area contributed by atoms with Gasteiger partial charge < -0.3 is 10.4 Å². The number of carboxylic acids is 1. The van der Waals surface area contributed by atoms with Crippen LogP contribution in [0.3, 0.4) is 0 Å². The van der Waals surface area contributed by atoms with Crippen molar-refractivity contribution < 1.29 is 18.3 Å². The number of sulfonamides is 1. The molecule has 0 saturated heterocycles. The molecule has 0 radical (unpaired) electrons. The zero-order valence-corrected chi connectivity index (χ0v) is 13.7. The van der Waals surface area contributed by atoms with Crippen LogP contribution in [0, 0.1) is 0 Å². The second-order valence-corrected chi connectivity index (χ2v) is 7.83. The molecule has 1 aromatic rings. The SMILES string of the molecule is CC(N=C1Nc2ccc(C(C)(C)C)cc2S(=O)(=O)N1)C(=O)O. The van der Waals surface area contributed by atoms with Crippen molar-refractivity contribution in [3.63, 3.8) is 0 Å². The molecule has 1 aromatic carbocycles. The van der Waals surface area contributed by atoms with Crippen molar-refractivity contribution >= 4 is 27.6 Å². The second-order valence-electron chi connectivity index (χ2n) is 6.18. The van der Waals surface area contributed by atoms with E-state index in [0.29, 0.717) is 5.69 Å². The predicted molar refractivity (Wildman–Crippen MR) is 83.6 cm³/mol. The third-order valence-electron chi connectivity index (χ3n) is 3.30. The van der Waals surface area contributed by atoms with Gasteiger partial charge in [-0.25, -0.2) is 22.9 Å². The number of aliphatic carboxylic acids is 1. The van der Waals surface area contributed by atoms with Crippen LogP contribution in [-0.2, 0) is 20.2 Å². The van der Waals surface area contributed by atoms with Crippen LogP contribution in [0.1, 0.15) is 33.3 Å². The van der Waals surface area contributed by atoms with Gasteiger partial charge in [-0.2, -0.15) is 0 Å². The molecule has 0 bridgehead atoms. The Labute approximate surface area is 129 Å². The highest BCUT2D eigenvalue weighted by Gasteiger charge is 2.29. The van der Waals surface area contributed by atoms with Gasteiger partial charge in [0.1, 0.15) is 10.9 Å². The molecule has 7 nitrogen and oxygen atoms in total. The van der Waals surface area contributed by atoms with Gasteiger partial charge in [-0.1, -0.05) is 26.8 Å². The topological polar surface area (TPSA) is 108 Å². The number of guanidine groups is 1. The average Bonchev–Trinajstić information content (AvgIpc) is 2.36. The standard InChI is InChI=1S/C14H19N3O4S/c1-8(12(18)19)15-13-16-10-6-5-9(14(2,3)4)7-11(10)22(20,21)17-13/h5-8H,1-4H3,(H,18,19)(H2,15,16,17). The number of nitrogens with one attached hydrogen (secondary N) is 2. The third-order valence-corrected chi connectivity index (χ3v) is 4.68. The normalized spacial score (nSPS) is 19.7. The summed E-state index contributed by atoms with van der Waals surface area (Å²) in [5.41, 5.74) is 1.08. The zero-order chi connectivity index (χ0) is 16.7. The Kier molecular flexibility index (Phi) is 3.90. The molecule has 0 aromatic heterocycles. The van der Waals surface area contributed by atoms with Gasteiger partial charge in [0, 0.05) is 0 Å². The lowest BCUT2D eigenvalue weighted by molar-refractivity contribution is -0.137. The fourth-order valence-electron chi connectivity index (χ4n) is 1.96. The van der Waals surface area contributed by atoms with E-state index in [2.05, 4.69) is 15.0 Å². The van der Waals surface area contributed by atoms with E-state index >= 15 is 0 Å². The van der Waals surface area contributed by atoms with E-state index in [1.54, 1.807) is 12.1 Å². The van der Waals surface area contributed by atoms with Gasteiger partial charge in [-0.05, 0) is 30.0 Å². The summed E-state index contributed by atoms with van der Waals surface area (Å²) < 4.78 is 26.9. The number of carbonyl (C=O) groups is 1. The Morgan fingerprint density at radius 1 is 1.32 bits per heavy atom. The van der Waals surface area contributed by atoms with E-state index in [1.807, 2.05) is 26.8 Å². The minimum atomic E-state index is -3.78. The van der Waals surface area contributed by atoms with Crippen LogP contribution in [-0.4, -0.2) is 31.5 Å². The van der Waals surface area contributed by atoms with Crippen LogP contribution in [0.4, 0.5) is 5.69 Å². The fourth-order valence-corrected chi connectivity index (χ4v) is 3.12. The second kappa shape index (κ2) is 5.28. The smallest absolute Gasteiger partial charge is 0.328 e. The summed E-state index contributed by atoms with van der Waals surface area (Å²) in [6.07, 6.45) is 0. The maximum atomic E-state index is 12.3. The molecule has 1 aliphatic heterocycles. The molecule has 120 valence electrons. The first-order valence-corrected chi connectivity index (χ1v) is 8.24. The van der Waals surface area contributed by atoms with Crippen LogP contribution in [0.25, 0.3) is 0 Å². The summed E-state index contributed by atoms with van der Waals surface area (Å²) >= 11 is 0. The number of rotatable bonds is 2. The van der Waals surface area contributed by atoms with Gasteiger partial charge in [0.25, 0.3) is 10.0 Å². The minimum Gasteiger partial charge on any atom is -0.480 e. The highest BCUT2D eigenvalue weighted by atomic mass is 32.2. The molecule has 0 amide bonds. The molecular formula is C14H19N3O4S. The summed E-state index contributed by atoms with van der Waals surface area (Å²) in [5.74, 6) is -1.23. The molecule has 1 unspecified atom stereocenters. The number of anilines is 1. The fraction of sp³-hybridized carbons (Fsp3) is 0.429. The molecule has 22 heavy (non-hydrogen) atoms. The van der Waals surface area contributed by atoms with Crippen LogP contribution in [0.5, 0.6) is 0 Å². The molecule has 8 heteroatoms. The Hall–Kier alpha value is -2.09. The van der Waals surface area contributed by atoms with Gasteiger partial charge in [0.2, 0.25) is 5.96 Å². The lowest BCUT2D eigenvalue weighted by Gasteiger charge is -2.25. The highest BCUT2D eigenvalue weighted by Crippen LogP contribution is 2.31. The van der Waals surface area contributed by atoms with Crippen molar-refractivity contribution in [2.75, 3.05) is 5.32 Å². The summed E-state index contributed by atoms with van der Waals surface area (Å²) in [6.45, 7) is 7.34. The maximum Gasteiger partial charge on any atom is 0.328 e. The van der Waals surface area contributed by atoms with Crippen LogP contribution >= 0.6 is 0 Å². The average molecular weight is 325 g/mol. The first kappa shape index (κ1) is 16.3. The van der Waals surface area contributed by atoms with Gasteiger partial charge in [0.05, 0.1) is 5.69 Å². The Bertz CT molecular complexity index is 748. The number of benzene rings is 1. The summed E-state index contributed by atoms with van der Waals surface area (Å²) in [7, 11) is -3.78. The van der Waals surface area contributed by atoms with E-state index in [4.69, 9.17) is 5.11 Å². The Morgan fingerprint density at radius 3 is 2.50 bits per heavy atom. The van der Waals surface area contributed by atoms with E-state index in [1.165, 1.54) is 6.92 Å². The Balaban J connectivity index is 2.47. The molecule has 1 atom stereocenters. The lowest BCUT2D eigenvalue weighted by atomic mass is 9.87. The molecular weight excluding hydrogens is 306 g/mol. The molecule has 0 saturated carbocycles. The van der Waals surface area contributed by atoms with Crippen molar-refractivity contribution in [2.24, 2.45) is 4.99 Å². The van der Waals surface area contributed by atoms with E-state index in [0.717, 1.165) is 5.56 Å². The van der Waals surface area contributed by atoms with Crippen molar-refractivity contribution in [2.45, 2.75) is 44.0 Å². The van der Waals surface area contributed by atoms with Crippen molar-refractivity contribution in [3.8, 4) is 0 Å². The van der Waals surface area contributed by atoms with Crippen LogP contribution < -0.4 is 10.0 Å². The van der Waals surface area contributed by atoms with Gasteiger partial charge in [-0.15, -0.1) is 0 Å². The molecule has 1 heterocycles. The molecule has 0 aliphatic carbocycles. The molecule has 3 N–H and O–H groups in total. The highest BCUT2D eigenvalue weighted by molar-refractivity contribution is 7.90. The lowest BCUT2D eigenvalue weighted by Crippen LogP contribution is -2.42. The van der Waals surface area contributed by atoms with Crippen molar-refractivity contribution in [3.05, 3.63) is 23.8 Å². The Morgan fingerprint density at radius 2 is 1.95 bits per heavy atom. The number of carboxylic acid groups (broad SMARTS) is 1. The third kappa shape index (κ3) is 3.22. The largest absolute Gasteiger partial charge is 0.480 e. The minimum absolute atomic E-state index is 0.0918. The van der Waals surface area contributed by atoms with E-state index in [-0.39, 0.29) is 16.3 Å². The van der Waals surface area contributed by atoms with Crippen LogP contribution in [0.15, 0.2) is 28.1 Å². The summed E-state index contributed by atoms with van der Waals surface area (Å²) in [5, 5.41) is 11.7. The predicted octanol–water partition coefficient (Wildman–Crippen LogP) is 1.52. The summed E-state index contributed by atoms with van der Waals surface area (Å²) in [6, 6.07) is 4.06. The number of aliphatic imine (C=N–C) groups is 1. The van der Waals surface area contributed by atoms with Crippen LogP contribution in [0.2, 0.25) is 0 Å². The maximum absolute atomic E-state index is 12.3. The zero-order valence-electron chi connectivity index (χ0n) is 12.8. The van der Waals surface area contributed by atoms with Crippen molar-refractivity contribution in [1.82, 2.24) is 4.72 Å². The van der Waals surface area contributed by atoms with Gasteiger partial charge in [-0.3, -0.25) is 0 Å². The van der Waals surface area contributed by atoms with E-state index in [9.17, 15) is 13.2 Å². The number of hydrogen-bond donors (Lipinski definition) is 3. The van der Waals surface area contributed by atoms with Crippen molar-refractivity contribution in [1.29, 1.82) is 0 Å². The van der Waals surface area contributed by atoms with Gasteiger partial charge in [0.15, 0.2) is 0 Å². The quantitative estimate of drug-likeness (QED) is 0.764.